The monoisotopic (exact) mass is 187 g/mol. The molecule has 0 aliphatic carbocycles. The number of hydrazine groups is 1. The Morgan fingerprint density at radius 3 is 2.62 bits per heavy atom. The molecule has 0 aliphatic heterocycles. The lowest BCUT2D eigenvalue weighted by atomic mass is 10.3. The van der Waals surface area contributed by atoms with E-state index in [9.17, 15) is 13.6 Å². The highest BCUT2D eigenvalue weighted by atomic mass is 19.1. The molecule has 0 fully saturated rings. The van der Waals surface area contributed by atoms with Crippen molar-refractivity contribution >= 4 is 11.7 Å². The SMILES string of the molecule is NC(=O)NNc1ccc(F)cc1F. The molecule has 2 amide bonds. The standard InChI is InChI=1S/C7H7F2N3O/c8-4-1-2-6(5(9)3-4)11-12-7(10)13/h1-3,11H,(H3,10,12,13). The van der Waals surface area contributed by atoms with E-state index in [1.807, 2.05) is 5.43 Å². The maximum atomic E-state index is 12.8. The number of rotatable bonds is 2. The summed E-state index contributed by atoms with van der Waals surface area (Å²) in [5.74, 6) is -1.50. The Kier molecular flexibility index (Phi) is 2.63. The van der Waals surface area contributed by atoms with Gasteiger partial charge < -0.3 is 5.73 Å². The molecule has 0 aromatic heterocycles. The minimum absolute atomic E-state index is 0.0554. The van der Waals surface area contributed by atoms with Crippen LogP contribution in [0.5, 0.6) is 0 Å². The first-order valence-corrected chi connectivity index (χ1v) is 3.36. The summed E-state index contributed by atoms with van der Waals surface area (Å²) in [6, 6.07) is 2.02. The molecule has 0 saturated carbocycles. The van der Waals surface area contributed by atoms with Crippen LogP contribution in [-0.2, 0) is 0 Å². The molecule has 6 heteroatoms. The first-order chi connectivity index (χ1) is 6.09. The van der Waals surface area contributed by atoms with Crippen LogP contribution in [0.15, 0.2) is 18.2 Å². The molecule has 70 valence electrons. The van der Waals surface area contributed by atoms with Crippen molar-refractivity contribution in [1.82, 2.24) is 5.43 Å². The zero-order chi connectivity index (χ0) is 9.84. The van der Waals surface area contributed by atoms with Crippen molar-refractivity contribution < 1.29 is 13.6 Å². The molecule has 0 bridgehead atoms. The smallest absolute Gasteiger partial charge is 0.330 e. The molecule has 1 aromatic rings. The molecule has 0 radical (unpaired) electrons. The number of urea groups is 1. The fraction of sp³-hybridized carbons (Fsp3) is 0. The fourth-order valence-corrected chi connectivity index (χ4v) is 0.720. The Hall–Kier alpha value is -1.85. The minimum atomic E-state index is -0.858. The second-order valence-corrected chi connectivity index (χ2v) is 2.24. The molecular weight excluding hydrogens is 180 g/mol. The predicted molar refractivity (Wildman–Crippen MR) is 42.7 cm³/mol. The van der Waals surface area contributed by atoms with Crippen LogP contribution < -0.4 is 16.6 Å². The number of benzene rings is 1. The Balaban J connectivity index is 2.72. The van der Waals surface area contributed by atoms with Gasteiger partial charge in [0.05, 0.1) is 5.69 Å². The minimum Gasteiger partial charge on any atom is -0.350 e. The molecule has 0 spiro atoms. The van der Waals surface area contributed by atoms with Gasteiger partial charge in [-0.15, -0.1) is 0 Å². The van der Waals surface area contributed by atoms with E-state index in [-0.39, 0.29) is 5.69 Å². The summed E-state index contributed by atoms with van der Waals surface area (Å²) >= 11 is 0. The van der Waals surface area contributed by atoms with Gasteiger partial charge in [-0.1, -0.05) is 0 Å². The summed E-state index contributed by atoms with van der Waals surface area (Å²) in [5.41, 5.74) is 8.78. The third-order valence-corrected chi connectivity index (χ3v) is 1.25. The molecule has 0 unspecified atom stereocenters. The molecule has 0 aliphatic rings. The van der Waals surface area contributed by atoms with E-state index < -0.39 is 17.7 Å². The van der Waals surface area contributed by atoms with E-state index in [0.717, 1.165) is 12.1 Å². The quantitative estimate of drug-likeness (QED) is 0.603. The average Bonchev–Trinajstić information content (AvgIpc) is 2.02. The summed E-state index contributed by atoms with van der Waals surface area (Å²) in [7, 11) is 0. The van der Waals surface area contributed by atoms with Crippen molar-refractivity contribution in [2.75, 3.05) is 5.43 Å². The van der Waals surface area contributed by atoms with Gasteiger partial charge in [-0.25, -0.2) is 13.6 Å². The van der Waals surface area contributed by atoms with Crippen LogP contribution in [0, 0.1) is 11.6 Å². The first kappa shape index (κ1) is 9.24. The third-order valence-electron chi connectivity index (χ3n) is 1.25. The fourth-order valence-electron chi connectivity index (χ4n) is 0.720. The van der Waals surface area contributed by atoms with Crippen molar-refractivity contribution in [1.29, 1.82) is 0 Å². The number of hydrogen-bond acceptors (Lipinski definition) is 2. The van der Waals surface area contributed by atoms with E-state index in [2.05, 4.69) is 5.43 Å². The number of nitrogens with two attached hydrogens (primary N) is 1. The summed E-state index contributed by atoms with van der Waals surface area (Å²) in [4.78, 5) is 10.2. The molecule has 13 heavy (non-hydrogen) atoms. The van der Waals surface area contributed by atoms with Crippen LogP contribution in [0.25, 0.3) is 0 Å². The van der Waals surface area contributed by atoms with Gasteiger partial charge in [0, 0.05) is 6.07 Å². The van der Waals surface area contributed by atoms with Gasteiger partial charge in [-0.3, -0.25) is 10.9 Å². The van der Waals surface area contributed by atoms with E-state index in [1.54, 1.807) is 0 Å². The number of hydrogen-bond donors (Lipinski definition) is 3. The van der Waals surface area contributed by atoms with Crippen molar-refractivity contribution in [2.24, 2.45) is 5.73 Å². The van der Waals surface area contributed by atoms with Crippen LogP contribution >= 0.6 is 0 Å². The van der Waals surface area contributed by atoms with Crippen LogP contribution in [0.1, 0.15) is 0 Å². The van der Waals surface area contributed by atoms with Crippen molar-refractivity contribution in [3.8, 4) is 0 Å². The average molecular weight is 187 g/mol. The largest absolute Gasteiger partial charge is 0.350 e. The van der Waals surface area contributed by atoms with Gasteiger partial charge in [0.2, 0.25) is 0 Å². The molecule has 0 heterocycles. The molecule has 4 N–H and O–H groups in total. The number of halogens is 2. The second-order valence-electron chi connectivity index (χ2n) is 2.24. The van der Waals surface area contributed by atoms with E-state index in [0.29, 0.717) is 6.07 Å². The van der Waals surface area contributed by atoms with Crippen molar-refractivity contribution in [3.63, 3.8) is 0 Å². The Morgan fingerprint density at radius 2 is 2.08 bits per heavy atom. The number of nitrogens with one attached hydrogen (secondary N) is 2. The van der Waals surface area contributed by atoms with Gasteiger partial charge in [0.1, 0.15) is 5.82 Å². The number of anilines is 1. The van der Waals surface area contributed by atoms with Crippen LogP contribution in [0.4, 0.5) is 19.3 Å². The van der Waals surface area contributed by atoms with Gasteiger partial charge in [0.25, 0.3) is 0 Å². The summed E-state index contributed by atoms with van der Waals surface area (Å²) in [6.07, 6.45) is 0. The van der Waals surface area contributed by atoms with E-state index in [4.69, 9.17) is 5.73 Å². The van der Waals surface area contributed by atoms with Gasteiger partial charge in [0.15, 0.2) is 5.82 Å². The van der Waals surface area contributed by atoms with Gasteiger partial charge in [-0.2, -0.15) is 0 Å². The van der Waals surface area contributed by atoms with Crippen molar-refractivity contribution in [3.05, 3.63) is 29.8 Å². The third kappa shape index (κ3) is 2.58. The normalized spacial score (nSPS) is 9.38. The highest BCUT2D eigenvalue weighted by Gasteiger charge is 2.02. The molecule has 1 rings (SSSR count). The Bertz CT molecular complexity index is 330. The summed E-state index contributed by atoms with van der Waals surface area (Å²) in [6.45, 7) is 0. The zero-order valence-corrected chi connectivity index (χ0v) is 6.47. The second kappa shape index (κ2) is 3.70. The lowest BCUT2D eigenvalue weighted by molar-refractivity contribution is 0.250. The van der Waals surface area contributed by atoms with E-state index in [1.165, 1.54) is 0 Å². The molecular formula is C7H7F2N3O. The molecule has 0 atom stereocenters. The van der Waals surface area contributed by atoms with Crippen LogP contribution in [0.2, 0.25) is 0 Å². The maximum Gasteiger partial charge on any atom is 0.330 e. The maximum absolute atomic E-state index is 12.8. The Labute approximate surface area is 72.7 Å². The molecule has 1 aromatic carbocycles. The molecule has 0 saturated heterocycles. The molecule has 4 nitrogen and oxygen atoms in total. The lowest BCUT2D eigenvalue weighted by Crippen LogP contribution is -2.34. The number of carbonyl (C=O) groups excluding carboxylic acids is 1. The predicted octanol–water partition coefficient (Wildman–Crippen LogP) is 0.960. The highest BCUT2D eigenvalue weighted by molar-refractivity contribution is 5.73. The van der Waals surface area contributed by atoms with Crippen molar-refractivity contribution in [2.45, 2.75) is 0 Å². The van der Waals surface area contributed by atoms with Gasteiger partial charge >= 0.3 is 6.03 Å². The van der Waals surface area contributed by atoms with Crippen LogP contribution in [0.3, 0.4) is 0 Å². The first-order valence-electron chi connectivity index (χ1n) is 3.36. The topological polar surface area (TPSA) is 67.2 Å². The number of carbonyl (C=O) groups is 1. The number of primary amides is 1. The lowest BCUT2D eigenvalue weighted by Gasteiger charge is -2.06. The number of amides is 2. The van der Waals surface area contributed by atoms with E-state index >= 15 is 0 Å². The summed E-state index contributed by atoms with van der Waals surface area (Å²) in [5, 5.41) is 0. The van der Waals surface area contributed by atoms with Crippen LogP contribution in [-0.4, -0.2) is 6.03 Å². The highest BCUT2D eigenvalue weighted by Crippen LogP contribution is 2.13. The van der Waals surface area contributed by atoms with Gasteiger partial charge in [-0.05, 0) is 12.1 Å². The summed E-state index contributed by atoms with van der Waals surface area (Å²) < 4.78 is 25.2. The zero-order valence-electron chi connectivity index (χ0n) is 6.47. The Morgan fingerprint density at radius 1 is 1.38 bits per heavy atom.